The Morgan fingerprint density at radius 3 is 2.93 bits per heavy atom. The number of ketones is 1. The smallest absolute Gasteiger partial charge is 0.143 e. The van der Waals surface area contributed by atoms with Crippen molar-refractivity contribution in [2.75, 3.05) is 13.2 Å². The zero-order chi connectivity index (χ0) is 11.1. The van der Waals surface area contributed by atoms with Crippen LogP contribution in [-0.4, -0.2) is 24.0 Å². The quantitative estimate of drug-likeness (QED) is 0.671. The van der Waals surface area contributed by atoms with Crippen LogP contribution in [-0.2, 0) is 9.53 Å². The van der Waals surface area contributed by atoms with Gasteiger partial charge < -0.3 is 4.74 Å². The average Bonchev–Trinajstić information content (AvgIpc) is 2.29. The molecule has 3 nitrogen and oxygen atoms in total. The Bertz CT molecular complexity index is 298. The molecular weight excluding hydrogens is 190 g/mol. The number of pyridine rings is 1. The topological polar surface area (TPSA) is 39.2 Å². The molecule has 0 spiro atoms. The molecule has 1 unspecified atom stereocenters. The van der Waals surface area contributed by atoms with Gasteiger partial charge in [-0.2, -0.15) is 0 Å². The molecule has 0 aliphatic rings. The molecule has 15 heavy (non-hydrogen) atoms. The van der Waals surface area contributed by atoms with Gasteiger partial charge in [-0.3, -0.25) is 9.78 Å². The van der Waals surface area contributed by atoms with Gasteiger partial charge in [-0.25, -0.2) is 0 Å². The zero-order valence-corrected chi connectivity index (χ0v) is 9.27. The minimum absolute atomic E-state index is 0.133. The number of hydrogen-bond acceptors (Lipinski definition) is 3. The third-order valence-corrected chi connectivity index (χ3v) is 2.31. The number of Topliss-reactive ketones (excluding diaryl/α,β-unsaturated/α-hetero) is 1. The first-order valence-corrected chi connectivity index (χ1v) is 5.27. The monoisotopic (exact) mass is 207 g/mol. The van der Waals surface area contributed by atoms with Crippen LogP contribution in [0.2, 0.25) is 0 Å². The fourth-order valence-electron chi connectivity index (χ4n) is 1.33. The van der Waals surface area contributed by atoms with Crippen LogP contribution >= 0.6 is 0 Å². The van der Waals surface area contributed by atoms with Crippen molar-refractivity contribution in [2.45, 2.75) is 26.2 Å². The summed E-state index contributed by atoms with van der Waals surface area (Å²) in [6.45, 7) is 4.97. The molecule has 0 N–H and O–H groups in total. The van der Waals surface area contributed by atoms with Crippen LogP contribution in [0.5, 0.6) is 0 Å². The van der Waals surface area contributed by atoms with Gasteiger partial charge in [-0.15, -0.1) is 0 Å². The van der Waals surface area contributed by atoms with Gasteiger partial charge >= 0.3 is 0 Å². The van der Waals surface area contributed by atoms with E-state index in [4.69, 9.17) is 4.74 Å². The molecule has 0 amide bonds. The number of hydrogen-bond donors (Lipinski definition) is 0. The third-order valence-electron chi connectivity index (χ3n) is 2.31. The number of nitrogens with zero attached hydrogens (tertiary/aromatic N) is 1. The van der Waals surface area contributed by atoms with Crippen molar-refractivity contribution < 1.29 is 9.53 Å². The van der Waals surface area contributed by atoms with Crippen molar-refractivity contribution in [3.8, 4) is 0 Å². The highest BCUT2D eigenvalue weighted by Crippen LogP contribution is 2.14. The van der Waals surface area contributed by atoms with E-state index in [0.717, 1.165) is 5.69 Å². The lowest BCUT2D eigenvalue weighted by Crippen LogP contribution is -2.13. The third kappa shape index (κ3) is 3.80. The first kappa shape index (κ1) is 11.9. The Balaban J connectivity index is 2.46. The zero-order valence-electron chi connectivity index (χ0n) is 9.27. The van der Waals surface area contributed by atoms with Crippen molar-refractivity contribution >= 4 is 5.78 Å². The number of ether oxygens (including phenoxy) is 1. The molecule has 0 saturated carbocycles. The number of carbonyl (C=O) groups is 1. The largest absolute Gasteiger partial charge is 0.381 e. The van der Waals surface area contributed by atoms with E-state index in [1.807, 2.05) is 32.0 Å². The summed E-state index contributed by atoms with van der Waals surface area (Å²) in [6.07, 6.45) is 2.17. The highest BCUT2D eigenvalue weighted by atomic mass is 16.5. The standard InChI is InChI=1S/C12H17NO2/c1-3-15-9-7-12(14)10(2)11-6-4-5-8-13-11/h4-6,8,10H,3,7,9H2,1-2H3. The molecule has 0 fully saturated rings. The predicted octanol–water partition coefficient (Wildman–Crippen LogP) is 2.18. The summed E-state index contributed by atoms with van der Waals surface area (Å²) in [5, 5.41) is 0. The Morgan fingerprint density at radius 2 is 2.33 bits per heavy atom. The maximum absolute atomic E-state index is 11.7. The molecule has 0 radical (unpaired) electrons. The molecule has 0 aliphatic heterocycles. The molecule has 0 aliphatic carbocycles. The van der Waals surface area contributed by atoms with Gasteiger partial charge in [-0.05, 0) is 26.0 Å². The molecule has 3 heteroatoms. The molecule has 1 atom stereocenters. The molecule has 0 bridgehead atoms. The first-order chi connectivity index (χ1) is 7.25. The minimum Gasteiger partial charge on any atom is -0.381 e. The van der Waals surface area contributed by atoms with E-state index in [1.54, 1.807) is 6.20 Å². The maximum Gasteiger partial charge on any atom is 0.143 e. The predicted molar refractivity (Wildman–Crippen MR) is 58.8 cm³/mol. The summed E-state index contributed by atoms with van der Waals surface area (Å²) in [7, 11) is 0. The minimum atomic E-state index is -0.133. The van der Waals surface area contributed by atoms with Gasteiger partial charge in [-0.1, -0.05) is 6.07 Å². The fourth-order valence-corrected chi connectivity index (χ4v) is 1.33. The summed E-state index contributed by atoms with van der Waals surface area (Å²) in [6, 6.07) is 5.62. The molecule has 1 aromatic heterocycles. The molecule has 1 rings (SSSR count). The van der Waals surface area contributed by atoms with E-state index in [-0.39, 0.29) is 11.7 Å². The number of aromatic nitrogens is 1. The molecule has 1 aromatic rings. The summed E-state index contributed by atoms with van der Waals surface area (Å²) >= 11 is 0. The van der Waals surface area contributed by atoms with Gasteiger partial charge in [0.1, 0.15) is 5.78 Å². The Labute approximate surface area is 90.5 Å². The SMILES string of the molecule is CCOCCC(=O)C(C)c1ccccn1. The summed E-state index contributed by atoms with van der Waals surface area (Å²) < 4.78 is 5.15. The van der Waals surface area contributed by atoms with E-state index in [2.05, 4.69) is 4.98 Å². The van der Waals surface area contributed by atoms with E-state index in [1.165, 1.54) is 0 Å². The van der Waals surface area contributed by atoms with Crippen LogP contribution < -0.4 is 0 Å². The van der Waals surface area contributed by atoms with Crippen LogP contribution in [0.1, 0.15) is 31.9 Å². The number of rotatable bonds is 6. The molecule has 82 valence electrons. The Kier molecular flexibility index (Phi) is 4.98. The van der Waals surface area contributed by atoms with E-state index in [0.29, 0.717) is 19.6 Å². The van der Waals surface area contributed by atoms with Crippen LogP contribution in [0, 0.1) is 0 Å². The lowest BCUT2D eigenvalue weighted by molar-refractivity contribution is -0.121. The summed E-state index contributed by atoms with van der Waals surface area (Å²) in [5.41, 5.74) is 0.832. The average molecular weight is 207 g/mol. The second kappa shape index (κ2) is 6.30. The van der Waals surface area contributed by atoms with Crippen LogP contribution in [0.15, 0.2) is 24.4 Å². The highest BCUT2D eigenvalue weighted by molar-refractivity contribution is 5.84. The van der Waals surface area contributed by atoms with Gasteiger partial charge in [0.15, 0.2) is 0 Å². The van der Waals surface area contributed by atoms with Gasteiger partial charge in [0.25, 0.3) is 0 Å². The first-order valence-electron chi connectivity index (χ1n) is 5.27. The van der Waals surface area contributed by atoms with Crippen molar-refractivity contribution in [2.24, 2.45) is 0 Å². The van der Waals surface area contributed by atoms with Crippen LogP contribution in [0.25, 0.3) is 0 Å². The van der Waals surface area contributed by atoms with Gasteiger partial charge in [0.2, 0.25) is 0 Å². The second-order valence-electron chi connectivity index (χ2n) is 3.39. The molecule has 0 aromatic carbocycles. The summed E-state index contributed by atoms with van der Waals surface area (Å²) in [4.78, 5) is 15.9. The van der Waals surface area contributed by atoms with Crippen LogP contribution in [0.3, 0.4) is 0 Å². The Morgan fingerprint density at radius 1 is 1.53 bits per heavy atom. The van der Waals surface area contributed by atoms with Gasteiger partial charge in [0.05, 0.1) is 18.2 Å². The fraction of sp³-hybridized carbons (Fsp3) is 0.500. The molecule has 0 saturated heterocycles. The lowest BCUT2D eigenvalue weighted by Gasteiger charge is -2.09. The van der Waals surface area contributed by atoms with Crippen molar-refractivity contribution in [1.29, 1.82) is 0 Å². The molecular formula is C12H17NO2. The van der Waals surface area contributed by atoms with E-state index < -0.39 is 0 Å². The van der Waals surface area contributed by atoms with Crippen LogP contribution in [0.4, 0.5) is 0 Å². The van der Waals surface area contributed by atoms with E-state index in [9.17, 15) is 4.79 Å². The highest BCUT2D eigenvalue weighted by Gasteiger charge is 2.15. The Hall–Kier alpha value is -1.22. The number of carbonyl (C=O) groups excluding carboxylic acids is 1. The maximum atomic E-state index is 11.7. The van der Waals surface area contributed by atoms with Crippen molar-refractivity contribution in [3.63, 3.8) is 0 Å². The molecule has 1 heterocycles. The second-order valence-corrected chi connectivity index (χ2v) is 3.39. The summed E-state index contributed by atoms with van der Waals surface area (Å²) in [5.74, 6) is 0.0498. The van der Waals surface area contributed by atoms with E-state index >= 15 is 0 Å². The van der Waals surface area contributed by atoms with Crippen molar-refractivity contribution in [1.82, 2.24) is 4.98 Å². The lowest BCUT2D eigenvalue weighted by atomic mass is 10.00. The normalized spacial score (nSPS) is 12.4. The van der Waals surface area contributed by atoms with Gasteiger partial charge in [0, 0.05) is 19.2 Å². The van der Waals surface area contributed by atoms with Crippen molar-refractivity contribution in [3.05, 3.63) is 30.1 Å².